The van der Waals surface area contributed by atoms with E-state index in [-0.39, 0.29) is 6.10 Å². The second-order valence-corrected chi connectivity index (χ2v) is 8.01. The Labute approximate surface area is 144 Å². The van der Waals surface area contributed by atoms with E-state index in [1.807, 2.05) is 0 Å². The number of hydrogen-bond acceptors (Lipinski definition) is 5. The minimum atomic E-state index is -0.0800. The van der Waals surface area contributed by atoms with E-state index < -0.39 is 0 Å². The van der Waals surface area contributed by atoms with Crippen LogP contribution in [0.15, 0.2) is 0 Å². The van der Waals surface area contributed by atoms with Gasteiger partial charge in [-0.15, -0.1) is 10.2 Å². The molecule has 2 aliphatic heterocycles. The molecular formula is C18H30N4O2. The highest BCUT2D eigenvalue weighted by Crippen LogP contribution is 2.38. The molecule has 3 atom stereocenters. The lowest BCUT2D eigenvalue weighted by Gasteiger charge is -2.25. The van der Waals surface area contributed by atoms with Crippen LogP contribution >= 0.6 is 0 Å². The van der Waals surface area contributed by atoms with Gasteiger partial charge in [0.05, 0.1) is 19.8 Å². The molecule has 3 aliphatic rings. The van der Waals surface area contributed by atoms with Crippen LogP contribution in [0.25, 0.3) is 0 Å². The van der Waals surface area contributed by atoms with Crippen LogP contribution < -0.4 is 4.90 Å². The quantitative estimate of drug-likeness (QED) is 0.847. The van der Waals surface area contributed by atoms with Crippen molar-refractivity contribution in [3.8, 4) is 0 Å². The Hall–Kier alpha value is -1.14. The van der Waals surface area contributed by atoms with Gasteiger partial charge in [-0.3, -0.25) is 4.57 Å². The maximum absolute atomic E-state index is 5.89. The van der Waals surface area contributed by atoms with Gasteiger partial charge in [0.2, 0.25) is 5.95 Å². The fourth-order valence-corrected chi connectivity index (χ4v) is 4.52. The van der Waals surface area contributed by atoms with E-state index in [0.717, 1.165) is 43.2 Å². The second-order valence-electron chi connectivity index (χ2n) is 8.01. The summed E-state index contributed by atoms with van der Waals surface area (Å²) in [6, 6.07) is 0. The predicted molar refractivity (Wildman–Crippen MR) is 92.0 cm³/mol. The average Bonchev–Trinajstić information content (AvgIpc) is 3.18. The summed E-state index contributed by atoms with van der Waals surface area (Å²) in [5.41, 5.74) is 0. The fourth-order valence-electron chi connectivity index (χ4n) is 4.52. The van der Waals surface area contributed by atoms with Crippen LogP contribution in [0.2, 0.25) is 0 Å². The molecule has 134 valence electrons. The van der Waals surface area contributed by atoms with Gasteiger partial charge in [0.25, 0.3) is 0 Å². The molecule has 3 heterocycles. The Bertz CT molecular complexity index is 539. The molecule has 1 saturated carbocycles. The van der Waals surface area contributed by atoms with Crippen molar-refractivity contribution >= 4 is 5.95 Å². The second kappa shape index (κ2) is 7.00. The minimum Gasteiger partial charge on any atom is -0.376 e. The van der Waals surface area contributed by atoms with Gasteiger partial charge in [0.1, 0.15) is 6.10 Å². The monoisotopic (exact) mass is 334 g/mol. The van der Waals surface area contributed by atoms with Crippen molar-refractivity contribution in [2.24, 2.45) is 17.8 Å². The maximum atomic E-state index is 5.89. The van der Waals surface area contributed by atoms with Crippen molar-refractivity contribution in [3.05, 3.63) is 5.82 Å². The van der Waals surface area contributed by atoms with E-state index in [1.165, 1.54) is 25.7 Å². The molecule has 4 rings (SSSR count). The smallest absolute Gasteiger partial charge is 0.227 e. The molecule has 0 aromatic carbocycles. The molecule has 6 nitrogen and oxygen atoms in total. The Morgan fingerprint density at radius 2 is 1.83 bits per heavy atom. The minimum absolute atomic E-state index is 0.0800. The number of rotatable bonds is 4. The average molecular weight is 334 g/mol. The van der Waals surface area contributed by atoms with Gasteiger partial charge < -0.3 is 14.4 Å². The molecule has 1 aromatic heterocycles. The fraction of sp³-hybridized carbons (Fsp3) is 0.889. The largest absolute Gasteiger partial charge is 0.376 e. The van der Waals surface area contributed by atoms with Crippen LogP contribution in [0.3, 0.4) is 0 Å². The zero-order chi connectivity index (χ0) is 16.5. The highest BCUT2D eigenvalue weighted by molar-refractivity contribution is 5.34. The molecule has 24 heavy (non-hydrogen) atoms. The number of nitrogens with zero attached hydrogens (tertiary/aromatic N) is 4. The van der Waals surface area contributed by atoms with E-state index in [2.05, 4.69) is 33.5 Å². The summed E-state index contributed by atoms with van der Waals surface area (Å²) in [6.45, 7) is 9.61. The Morgan fingerprint density at radius 3 is 2.46 bits per heavy atom. The van der Waals surface area contributed by atoms with E-state index >= 15 is 0 Å². The first-order chi connectivity index (χ1) is 11.7. The van der Waals surface area contributed by atoms with Gasteiger partial charge in [-0.1, -0.05) is 26.7 Å². The molecule has 1 unspecified atom stereocenters. The van der Waals surface area contributed by atoms with Crippen molar-refractivity contribution in [3.63, 3.8) is 0 Å². The van der Waals surface area contributed by atoms with Gasteiger partial charge in [0.15, 0.2) is 5.82 Å². The molecule has 0 N–H and O–H groups in total. The summed E-state index contributed by atoms with van der Waals surface area (Å²) in [7, 11) is 0. The highest BCUT2D eigenvalue weighted by atomic mass is 16.6. The molecule has 6 heteroatoms. The molecular weight excluding hydrogens is 304 g/mol. The summed E-state index contributed by atoms with van der Waals surface area (Å²) in [5, 5.41) is 9.11. The van der Waals surface area contributed by atoms with E-state index in [0.29, 0.717) is 25.7 Å². The van der Waals surface area contributed by atoms with Crippen LogP contribution in [0.1, 0.15) is 51.5 Å². The van der Waals surface area contributed by atoms with Gasteiger partial charge in [-0.05, 0) is 30.6 Å². The van der Waals surface area contributed by atoms with Crippen LogP contribution in [-0.2, 0) is 16.0 Å². The van der Waals surface area contributed by atoms with Crippen molar-refractivity contribution < 1.29 is 9.47 Å². The number of fused-ring (bicyclic) bond motifs is 1. The molecule has 0 bridgehead atoms. The Morgan fingerprint density at radius 1 is 1.08 bits per heavy atom. The first-order valence-electron chi connectivity index (χ1n) is 9.59. The van der Waals surface area contributed by atoms with E-state index in [1.54, 1.807) is 0 Å². The zero-order valence-corrected chi connectivity index (χ0v) is 15.0. The Balaban J connectivity index is 1.59. The third-order valence-electron chi connectivity index (χ3n) is 5.67. The third-order valence-corrected chi connectivity index (χ3v) is 5.67. The van der Waals surface area contributed by atoms with Crippen LogP contribution in [0.5, 0.6) is 0 Å². The van der Waals surface area contributed by atoms with Crippen molar-refractivity contribution in [2.75, 3.05) is 37.8 Å². The normalized spacial score (nSPS) is 30.8. The number of hydrogen-bond donors (Lipinski definition) is 0. The van der Waals surface area contributed by atoms with Crippen molar-refractivity contribution in [1.82, 2.24) is 14.8 Å². The zero-order valence-electron chi connectivity index (χ0n) is 15.0. The van der Waals surface area contributed by atoms with Crippen LogP contribution in [-0.4, -0.2) is 47.7 Å². The van der Waals surface area contributed by atoms with Crippen molar-refractivity contribution in [1.29, 1.82) is 0 Å². The van der Waals surface area contributed by atoms with Gasteiger partial charge >= 0.3 is 0 Å². The SMILES string of the molecule is CC(C)Cn1c(C2COCCO2)nnc1N1C[C@H]2CCCC[C@H]2C1. The topological polar surface area (TPSA) is 52.4 Å². The lowest BCUT2D eigenvalue weighted by molar-refractivity contribution is -0.0949. The predicted octanol–water partition coefficient (Wildman–Crippen LogP) is 2.65. The molecule has 1 aliphatic carbocycles. The van der Waals surface area contributed by atoms with E-state index in [4.69, 9.17) is 9.47 Å². The van der Waals surface area contributed by atoms with Crippen molar-refractivity contribution in [2.45, 2.75) is 52.2 Å². The molecule has 3 fully saturated rings. The van der Waals surface area contributed by atoms with E-state index in [9.17, 15) is 0 Å². The number of ether oxygens (including phenoxy) is 2. The summed E-state index contributed by atoms with van der Waals surface area (Å²) in [5.74, 6) is 4.23. The summed E-state index contributed by atoms with van der Waals surface area (Å²) in [4.78, 5) is 2.48. The van der Waals surface area contributed by atoms with Crippen LogP contribution in [0.4, 0.5) is 5.95 Å². The highest BCUT2D eigenvalue weighted by Gasteiger charge is 2.37. The van der Waals surface area contributed by atoms with Gasteiger partial charge in [-0.25, -0.2) is 0 Å². The Kier molecular flexibility index (Phi) is 4.77. The molecule has 0 amide bonds. The lowest BCUT2D eigenvalue weighted by Crippen LogP contribution is -2.28. The maximum Gasteiger partial charge on any atom is 0.227 e. The molecule has 0 spiro atoms. The summed E-state index contributed by atoms with van der Waals surface area (Å²) >= 11 is 0. The first kappa shape index (κ1) is 16.3. The first-order valence-corrected chi connectivity index (χ1v) is 9.59. The molecule has 2 saturated heterocycles. The summed E-state index contributed by atoms with van der Waals surface area (Å²) in [6.07, 6.45) is 5.47. The summed E-state index contributed by atoms with van der Waals surface area (Å²) < 4.78 is 13.8. The van der Waals surface area contributed by atoms with Gasteiger partial charge in [0, 0.05) is 19.6 Å². The van der Waals surface area contributed by atoms with Crippen LogP contribution in [0, 0.1) is 17.8 Å². The third kappa shape index (κ3) is 3.18. The number of anilines is 1. The van der Waals surface area contributed by atoms with Gasteiger partial charge in [-0.2, -0.15) is 0 Å². The molecule has 1 aromatic rings. The standard InChI is InChI=1S/C18H30N4O2/c1-13(2)9-22-17(16-12-23-7-8-24-16)19-20-18(22)21-10-14-5-3-4-6-15(14)11-21/h13-16H,3-12H2,1-2H3/t14-,15+,16?. The lowest BCUT2D eigenvalue weighted by atomic mass is 9.82. The molecule has 0 radical (unpaired) electrons. The number of aromatic nitrogens is 3.